The number of fused-ring (bicyclic) bond motifs is 1. The van der Waals surface area contributed by atoms with Gasteiger partial charge in [0.05, 0.1) is 12.6 Å². The van der Waals surface area contributed by atoms with Gasteiger partial charge in [0.25, 0.3) is 5.56 Å². The summed E-state index contributed by atoms with van der Waals surface area (Å²) in [5, 5.41) is 0. The number of hydrogen-bond donors (Lipinski definition) is 0. The van der Waals surface area contributed by atoms with Crippen LogP contribution < -0.4 is 5.56 Å². The van der Waals surface area contributed by atoms with Gasteiger partial charge in [-0.1, -0.05) is 13.8 Å². The number of methoxy groups -OCH3 is 1. The quantitative estimate of drug-likeness (QED) is 0.729. The molecule has 3 heteroatoms. The molecule has 1 aromatic rings. The molecule has 0 amide bonds. The minimum absolute atomic E-state index is 0.130. The number of aromatic nitrogens is 1. The molecule has 0 fully saturated rings. The maximum absolute atomic E-state index is 11.8. The standard InChI is InChI=1S/C11H15NO2.C2H6/c1-7-4-8(2)11(13)12-6-9(14-3)5-10(7)12;1-2/h4,9H,5-6H2,1-3H3;1-2H3. The molecule has 2 heterocycles. The number of ether oxygens (including phenoxy) is 1. The summed E-state index contributed by atoms with van der Waals surface area (Å²) in [6, 6.07) is 1.96. The maximum atomic E-state index is 11.8. The van der Waals surface area contributed by atoms with Crippen LogP contribution >= 0.6 is 0 Å². The molecule has 1 atom stereocenters. The van der Waals surface area contributed by atoms with Gasteiger partial charge in [-0.25, -0.2) is 0 Å². The van der Waals surface area contributed by atoms with E-state index >= 15 is 0 Å². The first kappa shape index (κ1) is 13.0. The van der Waals surface area contributed by atoms with E-state index in [0.717, 1.165) is 17.7 Å². The van der Waals surface area contributed by atoms with Crippen molar-refractivity contribution in [3.63, 3.8) is 0 Å². The van der Waals surface area contributed by atoms with E-state index in [4.69, 9.17) is 4.74 Å². The first-order valence-corrected chi connectivity index (χ1v) is 5.86. The highest BCUT2D eigenvalue weighted by molar-refractivity contribution is 5.27. The molecular weight excluding hydrogens is 202 g/mol. The summed E-state index contributed by atoms with van der Waals surface area (Å²) in [5.41, 5.74) is 3.28. The van der Waals surface area contributed by atoms with Crippen molar-refractivity contribution in [3.8, 4) is 0 Å². The van der Waals surface area contributed by atoms with Gasteiger partial charge >= 0.3 is 0 Å². The van der Waals surface area contributed by atoms with E-state index < -0.39 is 0 Å². The lowest BCUT2D eigenvalue weighted by Crippen LogP contribution is -2.23. The topological polar surface area (TPSA) is 31.2 Å². The van der Waals surface area contributed by atoms with Crippen molar-refractivity contribution < 1.29 is 4.74 Å². The Morgan fingerprint density at radius 3 is 2.50 bits per heavy atom. The minimum Gasteiger partial charge on any atom is -0.379 e. The smallest absolute Gasteiger partial charge is 0.253 e. The Kier molecular flexibility index (Phi) is 4.30. The Morgan fingerprint density at radius 1 is 1.31 bits per heavy atom. The second kappa shape index (κ2) is 5.30. The second-order valence-electron chi connectivity index (χ2n) is 3.93. The Hall–Kier alpha value is -1.09. The number of aryl methyl sites for hydroxylation is 2. The van der Waals surface area contributed by atoms with Crippen LogP contribution in [0, 0.1) is 13.8 Å². The van der Waals surface area contributed by atoms with E-state index in [1.54, 1.807) is 7.11 Å². The highest BCUT2D eigenvalue weighted by Crippen LogP contribution is 2.18. The van der Waals surface area contributed by atoms with Crippen molar-refractivity contribution in [2.24, 2.45) is 0 Å². The van der Waals surface area contributed by atoms with Gasteiger partial charge in [0.2, 0.25) is 0 Å². The lowest BCUT2D eigenvalue weighted by Gasteiger charge is -2.06. The lowest BCUT2D eigenvalue weighted by molar-refractivity contribution is 0.103. The number of nitrogens with zero attached hydrogens (tertiary/aromatic N) is 1. The monoisotopic (exact) mass is 223 g/mol. The molecule has 1 aliphatic heterocycles. The summed E-state index contributed by atoms with van der Waals surface area (Å²) in [7, 11) is 1.70. The predicted octanol–water partition coefficient (Wildman–Crippen LogP) is 2.06. The van der Waals surface area contributed by atoms with Gasteiger partial charge in [-0.3, -0.25) is 4.79 Å². The number of hydrogen-bond acceptors (Lipinski definition) is 2. The van der Waals surface area contributed by atoms with Crippen LogP contribution in [0.1, 0.15) is 30.7 Å². The van der Waals surface area contributed by atoms with Crippen molar-refractivity contribution >= 4 is 0 Å². The zero-order chi connectivity index (χ0) is 12.3. The fraction of sp³-hybridized carbons (Fsp3) is 0.615. The normalized spacial score (nSPS) is 17.7. The van der Waals surface area contributed by atoms with Crippen LogP contribution in [0.4, 0.5) is 0 Å². The third kappa shape index (κ3) is 2.19. The first-order valence-electron chi connectivity index (χ1n) is 5.86. The molecule has 0 bridgehead atoms. The number of pyridine rings is 1. The van der Waals surface area contributed by atoms with E-state index in [0.29, 0.717) is 6.54 Å². The summed E-state index contributed by atoms with van der Waals surface area (Å²) in [4.78, 5) is 11.8. The molecule has 0 aliphatic carbocycles. The molecule has 0 spiro atoms. The fourth-order valence-electron chi connectivity index (χ4n) is 2.12. The van der Waals surface area contributed by atoms with Crippen LogP contribution in [0.5, 0.6) is 0 Å². The van der Waals surface area contributed by atoms with Gasteiger partial charge in [-0.15, -0.1) is 0 Å². The molecule has 0 saturated carbocycles. The lowest BCUT2D eigenvalue weighted by atomic mass is 10.1. The average molecular weight is 223 g/mol. The van der Waals surface area contributed by atoms with Gasteiger partial charge < -0.3 is 9.30 Å². The maximum Gasteiger partial charge on any atom is 0.253 e. The molecule has 3 nitrogen and oxygen atoms in total. The highest BCUT2D eigenvalue weighted by atomic mass is 16.5. The van der Waals surface area contributed by atoms with E-state index in [9.17, 15) is 4.79 Å². The van der Waals surface area contributed by atoms with Gasteiger partial charge in [0, 0.05) is 24.8 Å². The zero-order valence-corrected chi connectivity index (χ0v) is 10.8. The average Bonchev–Trinajstić information content (AvgIpc) is 2.73. The van der Waals surface area contributed by atoms with Crippen LogP contribution in [0.3, 0.4) is 0 Å². The summed E-state index contributed by atoms with van der Waals surface area (Å²) in [6.07, 6.45) is 1.03. The van der Waals surface area contributed by atoms with E-state index in [1.807, 2.05) is 31.4 Å². The van der Waals surface area contributed by atoms with Crippen molar-refractivity contribution in [2.75, 3.05) is 7.11 Å². The SMILES string of the molecule is CC.COC1Cc2c(C)cc(C)c(=O)n2C1. The van der Waals surface area contributed by atoms with Crippen molar-refractivity contribution in [1.82, 2.24) is 4.57 Å². The molecule has 16 heavy (non-hydrogen) atoms. The minimum atomic E-state index is 0.130. The van der Waals surface area contributed by atoms with Gasteiger partial charge in [-0.05, 0) is 25.5 Å². The third-order valence-corrected chi connectivity index (χ3v) is 2.94. The number of rotatable bonds is 1. The Labute approximate surface area is 97.1 Å². The zero-order valence-electron chi connectivity index (χ0n) is 10.8. The van der Waals surface area contributed by atoms with Crippen LogP contribution in [0.2, 0.25) is 0 Å². The Balaban J connectivity index is 0.000000606. The van der Waals surface area contributed by atoms with Crippen molar-refractivity contribution in [2.45, 2.75) is 46.8 Å². The molecule has 0 N–H and O–H groups in total. The Bertz CT molecular complexity index is 421. The molecule has 90 valence electrons. The molecule has 1 aliphatic rings. The van der Waals surface area contributed by atoms with Crippen LogP contribution in [-0.4, -0.2) is 17.8 Å². The molecule has 0 saturated heterocycles. The fourth-order valence-corrected chi connectivity index (χ4v) is 2.12. The molecule has 1 aromatic heterocycles. The van der Waals surface area contributed by atoms with Crippen molar-refractivity contribution in [3.05, 3.63) is 33.2 Å². The predicted molar refractivity (Wildman–Crippen MR) is 66.0 cm³/mol. The largest absolute Gasteiger partial charge is 0.379 e. The molecule has 0 aromatic carbocycles. The third-order valence-electron chi connectivity index (χ3n) is 2.94. The van der Waals surface area contributed by atoms with Gasteiger partial charge in [-0.2, -0.15) is 0 Å². The van der Waals surface area contributed by atoms with E-state index in [2.05, 4.69) is 6.92 Å². The molecule has 2 rings (SSSR count). The van der Waals surface area contributed by atoms with Crippen molar-refractivity contribution in [1.29, 1.82) is 0 Å². The molecular formula is C13H21NO2. The van der Waals surface area contributed by atoms with Crippen LogP contribution in [0.25, 0.3) is 0 Å². The Morgan fingerprint density at radius 2 is 1.94 bits per heavy atom. The summed E-state index contributed by atoms with van der Waals surface area (Å²) >= 11 is 0. The van der Waals surface area contributed by atoms with Crippen LogP contribution in [0.15, 0.2) is 10.9 Å². The van der Waals surface area contributed by atoms with E-state index in [-0.39, 0.29) is 11.7 Å². The first-order chi connectivity index (χ1) is 7.63. The van der Waals surface area contributed by atoms with E-state index in [1.165, 1.54) is 5.56 Å². The second-order valence-corrected chi connectivity index (χ2v) is 3.93. The highest BCUT2D eigenvalue weighted by Gasteiger charge is 2.23. The molecule has 0 radical (unpaired) electrons. The molecule has 1 unspecified atom stereocenters. The van der Waals surface area contributed by atoms with Gasteiger partial charge in [0.15, 0.2) is 0 Å². The summed E-state index contributed by atoms with van der Waals surface area (Å²) in [5.74, 6) is 0. The van der Waals surface area contributed by atoms with Crippen LogP contribution in [-0.2, 0) is 17.7 Å². The summed E-state index contributed by atoms with van der Waals surface area (Å²) in [6.45, 7) is 8.62. The summed E-state index contributed by atoms with van der Waals surface area (Å²) < 4.78 is 7.13. The van der Waals surface area contributed by atoms with Gasteiger partial charge in [0.1, 0.15) is 0 Å².